The summed E-state index contributed by atoms with van der Waals surface area (Å²) in [5.41, 5.74) is 3.99. The second-order valence-corrected chi connectivity index (χ2v) is 6.61. The van der Waals surface area contributed by atoms with Crippen molar-refractivity contribution >= 4 is 11.6 Å². The number of carbonyl (C=O) groups is 1. The number of aromatic nitrogens is 4. The number of hydrogen-bond donors (Lipinski definition) is 3. The van der Waals surface area contributed by atoms with Crippen molar-refractivity contribution in [2.45, 2.75) is 33.4 Å². The molecule has 0 radical (unpaired) electrons. The molecule has 2 heterocycles. The summed E-state index contributed by atoms with van der Waals surface area (Å²) in [5.74, 6) is 0.719. The van der Waals surface area contributed by atoms with Crippen LogP contribution in [0.5, 0.6) is 0 Å². The minimum absolute atomic E-state index is 0.0769. The van der Waals surface area contributed by atoms with Crippen molar-refractivity contribution in [3.63, 3.8) is 0 Å². The molecule has 0 aliphatic rings. The molecule has 1 atom stereocenters. The molecule has 0 fully saturated rings. The summed E-state index contributed by atoms with van der Waals surface area (Å²) in [5, 5.41) is 27.0. The van der Waals surface area contributed by atoms with E-state index in [1.807, 2.05) is 32.0 Å². The fourth-order valence-electron chi connectivity index (χ4n) is 2.64. The lowest BCUT2D eigenvalue weighted by molar-refractivity contribution is -0.122. The first-order chi connectivity index (χ1) is 13.5. The molecule has 28 heavy (non-hydrogen) atoms. The van der Waals surface area contributed by atoms with Crippen LogP contribution in [0.4, 0.5) is 5.69 Å². The molecular formula is C19H24N6O3. The van der Waals surface area contributed by atoms with E-state index in [4.69, 9.17) is 9.52 Å². The number of hydrogen-bond acceptors (Lipinski definition) is 7. The summed E-state index contributed by atoms with van der Waals surface area (Å²) in [7, 11) is 0. The zero-order valence-electron chi connectivity index (χ0n) is 16.1. The first-order valence-electron chi connectivity index (χ1n) is 9.04. The Kier molecular flexibility index (Phi) is 6.05. The van der Waals surface area contributed by atoms with E-state index in [0.29, 0.717) is 11.8 Å². The smallest absolute Gasteiger partial charge is 0.247 e. The Labute approximate surface area is 162 Å². The lowest BCUT2D eigenvalue weighted by atomic mass is 10.1. The van der Waals surface area contributed by atoms with Gasteiger partial charge in [-0.1, -0.05) is 6.07 Å². The highest BCUT2D eigenvalue weighted by atomic mass is 16.4. The van der Waals surface area contributed by atoms with E-state index >= 15 is 0 Å². The molecule has 3 rings (SSSR count). The highest BCUT2D eigenvalue weighted by Crippen LogP contribution is 2.24. The van der Waals surface area contributed by atoms with Gasteiger partial charge in [-0.05, 0) is 44.0 Å². The standard InChI is InChI=1S/C19H24N6O3/c1-12-4-5-15(8-13(12)2)19-24-23-18(28-19)14(3)22-16-9-21-25(10-16)11-17(27)20-6-7-26/h4-5,8-10,14,22,26H,6-7,11H2,1-3H3,(H,20,27). The zero-order valence-corrected chi connectivity index (χ0v) is 16.1. The Morgan fingerprint density at radius 3 is 2.86 bits per heavy atom. The maximum Gasteiger partial charge on any atom is 0.247 e. The first-order valence-corrected chi connectivity index (χ1v) is 9.04. The van der Waals surface area contributed by atoms with Crippen LogP contribution in [-0.2, 0) is 11.3 Å². The zero-order chi connectivity index (χ0) is 20.1. The van der Waals surface area contributed by atoms with E-state index in [-0.39, 0.29) is 31.6 Å². The third-order valence-electron chi connectivity index (χ3n) is 4.32. The van der Waals surface area contributed by atoms with Crippen LogP contribution in [0.2, 0.25) is 0 Å². The number of aliphatic hydroxyl groups excluding tert-OH is 1. The molecule has 1 amide bonds. The Hall–Kier alpha value is -3.20. The molecule has 9 nitrogen and oxygen atoms in total. The van der Waals surface area contributed by atoms with Crippen LogP contribution < -0.4 is 10.6 Å². The predicted molar refractivity (Wildman–Crippen MR) is 104 cm³/mol. The highest BCUT2D eigenvalue weighted by Gasteiger charge is 2.16. The average Bonchev–Trinajstić information content (AvgIpc) is 3.32. The van der Waals surface area contributed by atoms with E-state index in [0.717, 1.165) is 11.3 Å². The first kappa shape index (κ1) is 19.6. The molecule has 0 spiro atoms. The van der Waals surface area contributed by atoms with Gasteiger partial charge in [-0.25, -0.2) is 0 Å². The number of anilines is 1. The van der Waals surface area contributed by atoms with Crippen LogP contribution in [0.25, 0.3) is 11.5 Å². The normalized spacial score (nSPS) is 12.0. The van der Waals surface area contributed by atoms with E-state index in [1.165, 1.54) is 15.8 Å². The van der Waals surface area contributed by atoms with Crippen LogP contribution in [0, 0.1) is 13.8 Å². The number of rotatable bonds is 8. The summed E-state index contributed by atoms with van der Waals surface area (Å²) in [6.45, 7) is 6.21. The lowest BCUT2D eigenvalue weighted by Crippen LogP contribution is -2.30. The van der Waals surface area contributed by atoms with Crippen LogP contribution in [0.1, 0.15) is 30.0 Å². The van der Waals surface area contributed by atoms with E-state index < -0.39 is 0 Å². The van der Waals surface area contributed by atoms with Crippen LogP contribution in [-0.4, -0.2) is 44.1 Å². The van der Waals surface area contributed by atoms with Gasteiger partial charge >= 0.3 is 0 Å². The quantitative estimate of drug-likeness (QED) is 0.542. The SMILES string of the molecule is Cc1ccc(-c2nnc(C(C)Nc3cnn(CC(=O)NCCO)c3)o2)cc1C. The van der Waals surface area contributed by atoms with Crippen LogP contribution in [0.15, 0.2) is 35.0 Å². The maximum atomic E-state index is 11.7. The fourth-order valence-corrected chi connectivity index (χ4v) is 2.64. The second-order valence-electron chi connectivity index (χ2n) is 6.61. The topological polar surface area (TPSA) is 118 Å². The molecule has 3 aromatic rings. The minimum atomic E-state index is -0.228. The van der Waals surface area contributed by atoms with Gasteiger partial charge in [0, 0.05) is 18.3 Å². The van der Waals surface area contributed by atoms with Crippen molar-refractivity contribution in [2.75, 3.05) is 18.5 Å². The van der Waals surface area contributed by atoms with Gasteiger partial charge in [-0.15, -0.1) is 10.2 Å². The van der Waals surface area contributed by atoms with Crippen molar-refractivity contribution in [1.82, 2.24) is 25.3 Å². The second kappa shape index (κ2) is 8.66. The van der Waals surface area contributed by atoms with Gasteiger partial charge in [0.25, 0.3) is 0 Å². The third-order valence-corrected chi connectivity index (χ3v) is 4.32. The number of aryl methyl sites for hydroxylation is 2. The molecule has 0 saturated carbocycles. The van der Waals surface area contributed by atoms with Gasteiger partial charge in [0.15, 0.2) is 0 Å². The summed E-state index contributed by atoms with van der Waals surface area (Å²) in [4.78, 5) is 11.7. The van der Waals surface area contributed by atoms with Crippen molar-refractivity contribution in [1.29, 1.82) is 0 Å². The number of nitrogens with one attached hydrogen (secondary N) is 2. The number of carbonyl (C=O) groups excluding carboxylic acids is 1. The van der Waals surface area contributed by atoms with Crippen molar-refractivity contribution in [3.8, 4) is 11.5 Å². The average molecular weight is 384 g/mol. The summed E-state index contributed by atoms with van der Waals surface area (Å²) in [6, 6.07) is 5.79. The molecule has 2 aromatic heterocycles. The van der Waals surface area contributed by atoms with Crippen molar-refractivity contribution in [2.24, 2.45) is 0 Å². The number of aliphatic hydroxyl groups is 1. The molecule has 148 valence electrons. The largest absolute Gasteiger partial charge is 0.418 e. The molecular weight excluding hydrogens is 360 g/mol. The highest BCUT2D eigenvalue weighted by molar-refractivity contribution is 5.75. The van der Waals surface area contributed by atoms with Gasteiger partial charge in [0.05, 0.1) is 18.5 Å². The minimum Gasteiger partial charge on any atom is -0.418 e. The number of nitrogens with zero attached hydrogens (tertiary/aromatic N) is 4. The molecule has 9 heteroatoms. The number of benzene rings is 1. The number of amides is 1. The molecule has 0 aliphatic heterocycles. The van der Waals surface area contributed by atoms with E-state index in [9.17, 15) is 4.79 Å². The fraction of sp³-hybridized carbons (Fsp3) is 0.368. The Morgan fingerprint density at radius 1 is 1.29 bits per heavy atom. The lowest BCUT2D eigenvalue weighted by Gasteiger charge is -2.08. The Morgan fingerprint density at radius 2 is 2.11 bits per heavy atom. The van der Waals surface area contributed by atoms with Gasteiger partial charge in [-0.2, -0.15) is 5.10 Å². The third kappa shape index (κ3) is 4.74. The molecule has 1 unspecified atom stereocenters. The van der Waals surface area contributed by atoms with Crippen LogP contribution >= 0.6 is 0 Å². The van der Waals surface area contributed by atoms with Crippen molar-refractivity contribution in [3.05, 3.63) is 47.6 Å². The molecule has 1 aromatic carbocycles. The van der Waals surface area contributed by atoms with Gasteiger partial charge in [-0.3, -0.25) is 9.48 Å². The van der Waals surface area contributed by atoms with Crippen molar-refractivity contribution < 1.29 is 14.3 Å². The van der Waals surface area contributed by atoms with Gasteiger partial charge in [0.1, 0.15) is 12.6 Å². The van der Waals surface area contributed by atoms with E-state index in [2.05, 4.69) is 32.9 Å². The van der Waals surface area contributed by atoms with Gasteiger partial charge in [0.2, 0.25) is 17.7 Å². The van der Waals surface area contributed by atoms with Crippen LogP contribution in [0.3, 0.4) is 0 Å². The molecule has 0 aliphatic carbocycles. The Balaban J connectivity index is 1.62. The summed E-state index contributed by atoms with van der Waals surface area (Å²) >= 11 is 0. The summed E-state index contributed by atoms with van der Waals surface area (Å²) in [6.07, 6.45) is 3.34. The molecule has 0 saturated heterocycles. The van der Waals surface area contributed by atoms with Gasteiger partial charge < -0.3 is 20.2 Å². The molecule has 3 N–H and O–H groups in total. The molecule has 0 bridgehead atoms. The Bertz CT molecular complexity index is 949. The monoisotopic (exact) mass is 384 g/mol. The maximum absolute atomic E-state index is 11.7. The van der Waals surface area contributed by atoms with E-state index in [1.54, 1.807) is 12.4 Å². The predicted octanol–water partition coefficient (Wildman–Crippen LogP) is 1.83. The summed E-state index contributed by atoms with van der Waals surface area (Å²) < 4.78 is 7.32.